The van der Waals surface area contributed by atoms with Gasteiger partial charge in [-0.15, -0.1) is 0 Å². The van der Waals surface area contributed by atoms with E-state index in [1.165, 1.54) is 18.0 Å². The topological polar surface area (TPSA) is 99.1 Å². The summed E-state index contributed by atoms with van der Waals surface area (Å²) in [6, 6.07) is 9.65. The summed E-state index contributed by atoms with van der Waals surface area (Å²) in [6.07, 6.45) is -0.304. The predicted octanol–water partition coefficient (Wildman–Crippen LogP) is 5.00. The summed E-state index contributed by atoms with van der Waals surface area (Å²) in [4.78, 5) is 22.1. The van der Waals surface area contributed by atoms with Gasteiger partial charge in [-0.25, -0.2) is 14.8 Å². The first kappa shape index (κ1) is 22.5. The van der Waals surface area contributed by atoms with E-state index in [-0.39, 0.29) is 18.1 Å². The Morgan fingerprint density at radius 2 is 2.03 bits per heavy atom. The molecule has 0 atom stereocenters. The Morgan fingerprint density at radius 1 is 1.21 bits per heavy atom. The number of alkyl halides is 3. The van der Waals surface area contributed by atoms with Crippen molar-refractivity contribution in [1.29, 1.82) is 0 Å². The van der Waals surface area contributed by atoms with Crippen LogP contribution in [0.5, 0.6) is 0 Å². The van der Waals surface area contributed by atoms with Crippen LogP contribution in [-0.2, 0) is 12.7 Å². The molecule has 0 spiro atoms. The third kappa shape index (κ3) is 5.06. The number of fused-ring (bicyclic) bond motifs is 1. The minimum Gasteiger partial charge on any atom is -0.408 e. The number of hydrogen-bond donors (Lipinski definition) is 3. The molecule has 3 aromatic heterocycles. The number of nitrogens with zero attached hydrogens (tertiary/aromatic N) is 3. The first-order valence-electron chi connectivity index (χ1n) is 9.67. The maximum atomic E-state index is 13.6. The molecule has 12 heteroatoms. The van der Waals surface area contributed by atoms with Crippen LogP contribution in [0.2, 0.25) is 0 Å². The van der Waals surface area contributed by atoms with Gasteiger partial charge >= 0.3 is 11.9 Å². The van der Waals surface area contributed by atoms with Gasteiger partial charge < -0.3 is 19.4 Å². The lowest BCUT2D eigenvalue weighted by atomic mass is 10.2. The number of anilines is 4. The minimum absolute atomic E-state index is 0.126. The highest BCUT2D eigenvalue weighted by Gasteiger charge is 2.34. The Kier molecular flexibility index (Phi) is 6.18. The van der Waals surface area contributed by atoms with E-state index < -0.39 is 17.5 Å². The van der Waals surface area contributed by atoms with E-state index in [0.717, 1.165) is 11.8 Å². The van der Waals surface area contributed by atoms with Gasteiger partial charge in [0.2, 0.25) is 0 Å². The molecule has 0 unspecified atom stereocenters. The van der Waals surface area contributed by atoms with Crippen molar-refractivity contribution in [3.05, 3.63) is 70.5 Å². The molecule has 0 radical (unpaired) electrons. The fourth-order valence-corrected chi connectivity index (χ4v) is 3.53. The standard InChI is InChI=1S/C21H19F3N6O2S/c1-30(33-2)19-12(4-3-7-25-19)10-26-16-9-18(27-11-14(16)21(22,23)24)28-13-5-6-15-17(8-13)32-20(31)29-15/h3-9,11H,10H2,1-2H3,(H,29,31)(H2,26,27,28). The fraction of sp³-hybridized carbons (Fsp3) is 0.190. The molecule has 33 heavy (non-hydrogen) atoms. The van der Waals surface area contributed by atoms with Crippen LogP contribution in [0, 0.1) is 0 Å². The van der Waals surface area contributed by atoms with Gasteiger partial charge in [-0.3, -0.25) is 4.98 Å². The molecule has 1 aromatic carbocycles. The Hall–Kier alpha value is -3.67. The van der Waals surface area contributed by atoms with Crippen LogP contribution in [0.15, 0.2) is 58.0 Å². The van der Waals surface area contributed by atoms with Crippen molar-refractivity contribution >= 4 is 46.1 Å². The van der Waals surface area contributed by atoms with Gasteiger partial charge in [-0.05, 0) is 18.2 Å². The molecule has 0 aliphatic carbocycles. The fourth-order valence-electron chi connectivity index (χ4n) is 3.20. The quantitative estimate of drug-likeness (QED) is 0.321. The number of nitrogens with one attached hydrogen (secondary N) is 3. The molecule has 0 aliphatic heterocycles. The lowest BCUT2D eigenvalue weighted by Crippen LogP contribution is -2.15. The zero-order valence-corrected chi connectivity index (χ0v) is 18.3. The summed E-state index contributed by atoms with van der Waals surface area (Å²) < 4.78 is 47.7. The van der Waals surface area contributed by atoms with E-state index >= 15 is 0 Å². The molecule has 172 valence electrons. The summed E-state index contributed by atoms with van der Waals surface area (Å²) in [5.41, 5.74) is 1.05. The molecule has 4 aromatic rings. The minimum atomic E-state index is -4.59. The zero-order valence-electron chi connectivity index (χ0n) is 17.5. The highest BCUT2D eigenvalue weighted by molar-refractivity contribution is 7.99. The van der Waals surface area contributed by atoms with Gasteiger partial charge in [-0.1, -0.05) is 18.0 Å². The molecule has 0 saturated heterocycles. The molecule has 3 N–H and O–H groups in total. The summed E-state index contributed by atoms with van der Waals surface area (Å²) in [5.74, 6) is 0.248. The van der Waals surface area contributed by atoms with Crippen LogP contribution in [0.4, 0.5) is 36.2 Å². The molecule has 0 aliphatic rings. The molecule has 0 fully saturated rings. The van der Waals surface area contributed by atoms with Crippen LogP contribution >= 0.6 is 11.9 Å². The van der Waals surface area contributed by atoms with Crippen LogP contribution < -0.4 is 20.7 Å². The monoisotopic (exact) mass is 476 g/mol. The molecule has 3 heterocycles. The summed E-state index contributed by atoms with van der Waals surface area (Å²) in [5, 5.41) is 5.82. The molecule has 0 amide bonds. The second-order valence-electron chi connectivity index (χ2n) is 6.98. The number of aromatic amines is 1. The largest absolute Gasteiger partial charge is 0.419 e. The molecular formula is C21H19F3N6O2S. The molecule has 4 rings (SSSR count). The second-order valence-corrected chi connectivity index (χ2v) is 7.90. The van der Waals surface area contributed by atoms with Crippen molar-refractivity contribution in [3.63, 3.8) is 0 Å². The Bertz CT molecular complexity index is 1340. The maximum Gasteiger partial charge on any atom is 0.419 e. The van der Waals surface area contributed by atoms with E-state index in [4.69, 9.17) is 4.42 Å². The second kappa shape index (κ2) is 9.06. The highest BCUT2D eigenvalue weighted by Crippen LogP contribution is 2.36. The van der Waals surface area contributed by atoms with E-state index in [1.807, 2.05) is 17.6 Å². The Morgan fingerprint density at radius 3 is 2.79 bits per heavy atom. The van der Waals surface area contributed by atoms with Crippen molar-refractivity contribution in [1.82, 2.24) is 15.0 Å². The predicted molar refractivity (Wildman–Crippen MR) is 123 cm³/mol. The zero-order chi connectivity index (χ0) is 23.6. The third-order valence-corrected chi connectivity index (χ3v) is 5.53. The van der Waals surface area contributed by atoms with E-state index in [2.05, 4.69) is 25.6 Å². The van der Waals surface area contributed by atoms with Gasteiger partial charge in [0.15, 0.2) is 5.58 Å². The van der Waals surface area contributed by atoms with Crippen LogP contribution in [-0.4, -0.2) is 28.3 Å². The van der Waals surface area contributed by atoms with E-state index in [1.54, 1.807) is 36.5 Å². The summed E-state index contributed by atoms with van der Waals surface area (Å²) in [6.45, 7) is 0.126. The number of aromatic nitrogens is 3. The first-order valence-corrected chi connectivity index (χ1v) is 10.9. The highest BCUT2D eigenvalue weighted by atomic mass is 32.2. The lowest BCUT2D eigenvalue weighted by Gasteiger charge is -2.20. The molecule has 8 nitrogen and oxygen atoms in total. The number of oxazole rings is 1. The van der Waals surface area contributed by atoms with Crippen molar-refractivity contribution in [2.45, 2.75) is 12.7 Å². The number of hydrogen-bond acceptors (Lipinski definition) is 8. The van der Waals surface area contributed by atoms with Crippen molar-refractivity contribution in [2.24, 2.45) is 0 Å². The number of benzene rings is 1. The van der Waals surface area contributed by atoms with Crippen molar-refractivity contribution in [2.75, 3.05) is 28.2 Å². The number of rotatable bonds is 7. The average molecular weight is 476 g/mol. The number of H-pyrrole nitrogens is 1. The van der Waals surface area contributed by atoms with Gasteiger partial charge in [0.1, 0.15) is 11.6 Å². The van der Waals surface area contributed by atoms with Crippen LogP contribution in [0.25, 0.3) is 11.1 Å². The van der Waals surface area contributed by atoms with Crippen LogP contribution in [0.1, 0.15) is 11.1 Å². The van der Waals surface area contributed by atoms with Gasteiger partial charge in [0.25, 0.3) is 0 Å². The van der Waals surface area contributed by atoms with Gasteiger partial charge in [0.05, 0.1) is 16.8 Å². The number of pyridine rings is 2. The first-order chi connectivity index (χ1) is 15.7. The number of halogens is 3. The summed E-state index contributed by atoms with van der Waals surface area (Å²) in [7, 11) is 1.83. The average Bonchev–Trinajstić information content (AvgIpc) is 3.16. The SMILES string of the molecule is CSN(C)c1ncccc1CNc1cc(Nc2ccc3[nH]c(=O)oc3c2)ncc1C(F)(F)F. The lowest BCUT2D eigenvalue weighted by molar-refractivity contribution is -0.137. The Labute approximate surface area is 190 Å². The Balaban J connectivity index is 1.62. The molecule has 0 saturated carbocycles. The van der Waals surface area contributed by atoms with E-state index in [9.17, 15) is 18.0 Å². The van der Waals surface area contributed by atoms with Crippen molar-refractivity contribution in [3.8, 4) is 0 Å². The van der Waals surface area contributed by atoms with Crippen LogP contribution in [0.3, 0.4) is 0 Å². The van der Waals surface area contributed by atoms with E-state index in [0.29, 0.717) is 22.6 Å². The maximum absolute atomic E-state index is 13.6. The smallest absolute Gasteiger partial charge is 0.408 e. The summed E-state index contributed by atoms with van der Waals surface area (Å²) >= 11 is 1.44. The third-order valence-electron chi connectivity index (χ3n) is 4.81. The van der Waals surface area contributed by atoms with Gasteiger partial charge in [0, 0.05) is 55.6 Å². The molecular weight excluding hydrogens is 457 g/mol. The molecule has 0 bridgehead atoms. The van der Waals surface area contributed by atoms with Crippen molar-refractivity contribution < 1.29 is 17.6 Å². The van der Waals surface area contributed by atoms with Gasteiger partial charge in [-0.2, -0.15) is 13.2 Å². The normalized spacial score (nSPS) is 11.5.